The van der Waals surface area contributed by atoms with E-state index >= 15 is 0 Å². The minimum Gasteiger partial charge on any atom is -0.465 e. The quantitative estimate of drug-likeness (QED) is 0.435. The molecule has 1 saturated carbocycles. The lowest BCUT2D eigenvalue weighted by molar-refractivity contribution is 0.00751. The summed E-state index contributed by atoms with van der Waals surface area (Å²) in [7, 11) is -2.67. The summed E-state index contributed by atoms with van der Waals surface area (Å²) in [6.07, 6.45) is 0.533. The van der Waals surface area contributed by atoms with Crippen LogP contribution in [0.5, 0.6) is 0 Å². The molecule has 5 nitrogen and oxygen atoms in total. The molecule has 1 amide bonds. The van der Waals surface area contributed by atoms with Crippen molar-refractivity contribution < 1.29 is 14.3 Å². The first-order valence-corrected chi connectivity index (χ1v) is 13.9. The van der Waals surface area contributed by atoms with Gasteiger partial charge in [-0.3, -0.25) is 4.90 Å². The summed E-state index contributed by atoms with van der Waals surface area (Å²) in [5.74, 6) is 0.166. The van der Waals surface area contributed by atoms with E-state index in [1.54, 1.807) is 0 Å². The molecule has 0 heterocycles. The maximum atomic E-state index is 12.0. The number of nitriles is 1. The lowest BCUT2D eigenvalue weighted by Gasteiger charge is -2.48. The van der Waals surface area contributed by atoms with E-state index in [4.69, 9.17) is 4.43 Å². The van der Waals surface area contributed by atoms with E-state index in [0.717, 1.165) is 6.42 Å². The minimum atomic E-state index is -2.67. The Bertz CT molecular complexity index is 988. The fraction of sp³-hybridized carbons (Fsp3) is 0.500. The number of benzene rings is 2. The number of hydrogen-bond acceptors (Lipinski definition) is 3. The number of amides is 1. The van der Waals surface area contributed by atoms with Crippen molar-refractivity contribution in [2.45, 2.75) is 65.0 Å². The number of carboxylic acid groups (broad SMARTS) is 1. The third kappa shape index (κ3) is 4.28. The molecule has 0 aliphatic heterocycles. The molecule has 1 N–H and O–H groups in total. The molecule has 0 saturated heterocycles. The highest BCUT2D eigenvalue weighted by Gasteiger charge is 2.57. The molecule has 2 atom stereocenters. The second kappa shape index (κ2) is 9.56. The first-order valence-electron chi connectivity index (χ1n) is 12.0. The second-order valence-corrected chi connectivity index (χ2v) is 15.5. The predicted molar refractivity (Wildman–Crippen MR) is 139 cm³/mol. The maximum absolute atomic E-state index is 12.0. The molecule has 0 unspecified atom stereocenters. The smallest absolute Gasteiger partial charge is 0.408 e. The molecular weight excluding hydrogens is 440 g/mol. The van der Waals surface area contributed by atoms with Gasteiger partial charge in [0.15, 0.2) is 0 Å². The lowest BCUT2D eigenvalue weighted by Crippen LogP contribution is -2.67. The van der Waals surface area contributed by atoms with Gasteiger partial charge in [-0.15, -0.1) is 0 Å². The van der Waals surface area contributed by atoms with Gasteiger partial charge in [0.1, 0.15) is 6.54 Å². The van der Waals surface area contributed by atoms with Gasteiger partial charge < -0.3 is 9.53 Å². The van der Waals surface area contributed by atoms with Crippen LogP contribution in [-0.2, 0) is 4.43 Å². The summed E-state index contributed by atoms with van der Waals surface area (Å²) >= 11 is 0. The Morgan fingerprint density at radius 1 is 1.09 bits per heavy atom. The van der Waals surface area contributed by atoms with Crippen molar-refractivity contribution in [1.82, 2.24) is 4.90 Å². The molecule has 0 spiro atoms. The zero-order chi connectivity index (χ0) is 25.2. The van der Waals surface area contributed by atoms with Gasteiger partial charge in [0.25, 0.3) is 8.32 Å². The molecule has 1 fully saturated rings. The maximum Gasteiger partial charge on any atom is 0.408 e. The highest BCUT2D eigenvalue weighted by molar-refractivity contribution is 6.99. The molecule has 2 aromatic carbocycles. The zero-order valence-electron chi connectivity index (χ0n) is 21.3. The topological polar surface area (TPSA) is 73.6 Å². The van der Waals surface area contributed by atoms with Crippen molar-refractivity contribution >= 4 is 24.8 Å². The van der Waals surface area contributed by atoms with Crippen molar-refractivity contribution in [3.05, 3.63) is 60.7 Å². The average Bonchev–Trinajstić information content (AvgIpc) is 3.02. The molecule has 6 heteroatoms. The third-order valence-electron chi connectivity index (χ3n) is 8.36. The van der Waals surface area contributed by atoms with Crippen LogP contribution < -0.4 is 10.4 Å². The largest absolute Gasteiger partial charge is 0.465 e. The standard InChI is InChI=1S/C28H38N2O3Si/c1-26(2,3)34(23-13-9-7-10-14-23,24-15-11-8-12-16-24)33-21-22-17-18-28(6,27(22,4)5)30(20-19-29)25(31)32/h7-16,22H,17-18,20-21H2,1-6H3,(H,31,32)/t22-,28-/m1/s1. The van der Waals surface area contributed by atoms with Gasteiger partial charge in [0.2, 0.25) is 0 Å². The summed E-state index contributed by atoms with van der Waals surface area (Å²) in [5, 5.41) is 21.5. The molecule has 0 radical (unpaired) electrons. The van der Waals surface area contributed by atoms with E-state index in [2.05, 4.69) is 83.1 Å². The van der Waals surface area contributed by atoms with Crippen molar-refractivity contribution in [3.63, 3.8) is 0 Å². The van der Waals surface area contributed by atoms with Crippen LogP contribution in [0.4, 0.5) is 4.79 Å². The van der Waals surface area contributed by atoms with Crippen molar-refractivity contribution in [3.8, 4) is 6.07 Å². The first kappa shape index (κ1) is 26.0. The molecule has 182 valence electrons. The Morgan fingerprint density at radius 3 is 2.00 bits per heavy atom. The van der Waals surface area contributed by atoms with Gasteiger partial charge in [-0.25, -0.2) is 4.79 Å². The first-order chi connectivity index (χ1) is 15.9. The highest BCUT2D eigenvalue weighted by Crippen LogP contribution is 2.53. The van der Waals surface area contributed by atoms with Crippen LogP contribution >= 0.6 is 0 Å². The number of carbonyl (C=O) groups is 1. The van der Waals surface area contributed by atoms with Crippen molar-refractivity contribution in [2.24, 2.45) is 11.3 Å². The van der Waals surface area contributed by atoms with E-state index in [-0.39, 0.29) is 22.9 Å². The summed E-state index contributed by atoms with van der Waals surface area (Å²) in [6.45, 7) is 13.5. The van der Waals surface area contributed by atoms with Crippen LogP contribution in [-0.4, -0.2) is 43.1 Å². The van der Waals surface area contributed by atoms with Gasteiger partial charge in [0.05, 0.1) is 6.07 Å². The zero-order valence-corrected chi connectivity index (χ0v) is 22.3. The van der Waals surface area contributed by atoms with Crippen molar-refractivity contribution in [1.29, 1.82) is 5.26 Å². The molecule has 1 aliphatic rings. The monoisotopic (exact) mass is 478 g/mol. The Kier molecular flexibility index (Phi) is 7.30. The molecule has 2 aromatic rings. The summed E-state index contributed by atoms with van der Waals surface area (Å²) in [5.41, 5.74) is -0.984. The van der Waals surface area contributed by atoms with Crippen LogP contribution in [0.15, 0.2) is 60.7 Å². The van der Waals surface area contributed by atoms with Gasteiger partial charge >= 0.3 is 6.09 Å². The van der Waals surface area contributed by atoms with E-state index < -0.39 is 19.9 Å². The molecular formula is C28H38N2O3Si. The Labute approximate surface area is 205 Å². The number of rotatable bonds is 7. The summed E-state index contributed by atoms with van der Waals surface area (Å²) in [6, 6.07) is 23.2. The van der Waals surface area contributed by atoms with Crippen LogP contribution in [0.2, 0.25) is 5.04 Å². The van der Waals surface area contributed by atoms with Gasteiger partial charge in [-0.1, -0.05) is 95.3 Å². The van der Waals surface area contributed by atoms with E-state index in [0.29, 0.717) is 13.0 Å². The molecule has 0 bridgehead atoms. The number of hydrogen-bond donors (Lipinski definition) is 1. The summed E-state index contributed by atoms with van der Waals surface area (Å²) in [4.78, 5) is 13.4. The van der Waals surface area contributed by atoms with Crippen LogP contribution in [0.25, 0.3) is 0 Å². The van der Waals surface area contributed by atoms with Crippen LogP contribution in [0.1, 0.15) is 54.4 Å². The van der Waals surface area contributed by atoms with E-state index in [1.165, 1.54) is 15.3 Å². The van der Waals surface area contributed by atoms with E-state index in [9.17, 15) is 15.2 Å². The Morgan fingerprint density at radius 2 is 1.59 bits per heavy atom. The van der Waals surface area contributed by atoms with Crippen LogP contribution in [0.3, 0.4) is 0 Å². The molecule has 1 aliphatic carbocycles. The lowest BCUT2D eigenvalue weighted by atomic mass is 9.70. The predicted octanol–water partition coefficient (Wildman–Crippen LogP) is 5.26. The summed E-state index contributed by atoms with van der Waals surface area (Å²) < 4.78 is 7.19. The van der Waals surface area contributed by atoms with Gasteiger partial charge in [-0.05, 0) is 46.5 Å². The second-order valence-electron chi connectivity index (χ2n) is 11.2. The van der Waals surface area contributed by atoms with Crippen LogP contribution in [0, 0.1) is 22.7 Å². The molecule has 0 aromatic heterocycles. The molecule has 34 heavy (non-hydrogen) atoms. The fourth-order valence-corrected chi connectivity index (χ4v) is 10.5. The molecule has 3 rings (SSSR count). The Hall–Kier alpha value is -2.62. The van der Waals surface area contributed by atoms with Gasteiger partial charge in [0, 0.05) is 12.1 Å². The normalized spacial score (nSPS) is 22.2. The van der Waals surface area contributed by atoms with Crippen molar-refractivity contribution in [2.75, 3.05) is 13.2 Å². The van der Waals surface area contributed by atoms with Gasteiger partial charge in [-0.2, -0.15) is 5.26 Å². The fourth-order valence-electron chi connectivity index (χ4n) is 5.86. The third-order valence-corrected chi connectivity index (χ3v) is 13.4. The average molecular weight is 479 g/mol. The Balaban J connectivity index is 2.02. The minimum absolute atomic E-state index is 0.115. The highest BCUT2D eigenvalue weighted by atomic mass is 28.4. The SMILES string of the molecule is CC1(C)[C@@H](CO[Si](c2ccccc2)(c2ccccc2)C(C)(C)C)CC[C@@]1(C)N(CC#N)C(=O)O. The van der Waals surface area contributed by atoms with E-state index in [1.807, 2.05) is 25.1 Å². The number of nitrogens with zero attached hydrogens (tertiary/aromatic N) is 2.